The number of methoxy groups -OCH3 is 1. The summed E-state index contributed by atoms with van der Waals surface area (Å²) < 4.78 is 5.13. The van der Waals surface area contributed by atoms with Crippen molar-refractivity contribution in [3.05, 3.63) is 29.3 Å². The lowest BCUT2D eigenvalue weighted by Gasteiger charge is -2.18. The van der Waals surface area contributed by atoms with Gasteiger partial charge in [0.25, 0.3) is 0 Å². The van der Waals surface area contributed by atoms with E-state index in [4.69, 9.17) is 9.84 Å². The van der Waals surface area contributed by atoms with Crippen LogP contribution in [0.3, 0.4) is 0 Å². The molecule has 0 aromatic heterocycles. The van der Waals surface area contributed by atoms with Crippen molar-refractivity contribution < 1.29 is 19.7 Å². The van der Waals surface area contributed by atoms with Crippen LogP contribution in [0.2, 0.25) is 0 Å². The molecule has 0 amide bonds. The number of aryl methyl sites for hydroxylation is 1. The molecule has 17 heavy (non-hydrogen) atoms. The SMILES string of the molecule is COc1ccc(C(O)C(C)CC(=O)O)cc1C. The molecule has 94 valence electrons. The van der Waals surface area contributed by atoms with E-state index in [2.05, 4.69) is 0 Å². The topological polar surface area (TPSA) is 66.8 Å². The van der Waals surface area contributed by atoms with E-state index in [1.807, 2.05) is 13.0 Å². The Morgan fingerprint density at radius 3 is 2.59 bits per heavy atom. The highest BCUT2D eigenvalue weighted by Crippen LogP contribution is 2.28. The number of rotatable bonds is 5. The van der Waals surface area contributed by atoms with Crippen LogP contribution in [-0.4, -0.2) is 23.3 Å². The fourth-order valence-electron chi connectivity index (χ4n) is 1.80. The second-order valence-corrected chi connectivity index (χ2v) is 4.25. The van der Waals surface area contributed by atoms with Crippen molar-refractivity contribution in [1.82, 2.24) is 0 Å². The zero-order valence-corrected chi connectivity index (χ0v) is 10.3. The van der Waals surface area contributed by atoms with Gasteiger partial charge in [-0.25, -0.2) is 0 Å². The largest absolute Gasteiger partial charge is 0.496 e. The van der Waals surface area contributed by atoms with Crippen LogP contribution in [0.15, 0.2) is 18.2 Å². The molecule has 0 fully saturated rings. The number of aliphatic carboxylic acids is 1. The molecular weight excluding hydrogens is 220 g/mol. The monoisotopic (exact) mass is 238 g/mol. The van der Waals surface area contributed by atoms with Crippen molar-refractivity contribution in [2.75, 3.05) is 7.11 Å². The highest BCUT2D eigenvalue weighted by atomic mass is 16.5. The number of carboxylic acids is 1. The molecule has 2 unspecified atom stereocenters. The van der Waals surface area contributed by atoms with Gasteiger partial charge in [-0.3, -0.25) is 4.79 Å². The van der Waals surface area contributed by atoms with Crippen LogP contribution in [0.4, 0.5) is 0 Å². The van der Waals surface area contributed by atoms with Crippen molar-refractivity contribution in [3.8, 4) is 5.75 Å². The second-order valence-electron chi connectivity index (χ2n) is 4.25. The lowest BCUT2D eigenvalue weighted by molar-refractivity contribution is -0.139. The fourth-order valence-corrected chi connectivity index (χ4v) is 1.80. The molecule has 1 aromatic carbocycles. The zero-order valence-electron chi connectivity index (χ0n) is 10.3. The van der Waals surface area contributed by atoms with Gasteiger partial charge in [-0.2, -0.15) is 0 Å². The van der Waals surface area contributed by atoms with Crippen LogP contribution in [0.5, 0.6) is 5.75 Å². The van der Waals surface area contributed by atoms with E-state index in [1.165, 1.54) is 0 Å². The van der Waals surface area contributed by atoms with Gasteiger partial charge in [-0.05, 0) is 36.1 Å². The lowest BCUT2D eigenvalue weighted by Crippen LogP contribution is -2.13. The van der Waals surface area contributed by atoms with Gasteiger partial charge in [-0.1, -0.05) is 13.0 Å². The van der Waals surface area contributed by atoms with Crippen LogP contribution in [0.25, 0.3) is 0 Å². The molecule has 1 rings (SSSR count). The van der Waals surface area contributed by atoms with E-state index >= 15 is 0 Å². The van der Waals surface area contributed by atoms with Crippen molar-refractivity contribution in [3.63, 3.8) is 0 Å². The number of hydrogen-bond acceptors (Lipinski definition) is 3. The maximum atomic E-state index is 10.6. The molecule has 2 atom stereocenters. The predicted octanol–water partition coefficient (Wildman–Crippen LogP) is 2.15. The molecule has 0 aliphatic carbocycles. The van der Waals surface area contributed by atoms with Crippen LogP contribution in [-0.2, 0) is 4.79 Å². The van der Waals surface area contributed by atoms with E-state index in [0.717, 1.165) is 16.9 Å². The Morgan fingerprint density at radius 2 is 2.12 bits per heavy atom. The highest BCUT2D eigenvalue weighted by Gasteiger charge is 2.19. The van der Waals surface area contributed by atoms with Crippen LogP contribution in [0.1, 0.15) is 30.6 Å². The first-order valence-corrected chi connectivity index (χ1v) is 5.50. The number of benzene rings is 1. The Kier molecular flexibility index (Phi) is 4.52. The third-order valence-corrected chi connectivity index (χ3v) is 2.80. The van der Waals surface area contributed by atoms with Gasteiger partial charge in [0.15, 0.2) is 0 Å². The zero-order chi connectivity index (χ0) is 13.0. The van der Waals surface area contributed by atoms with Crippen molar-refractivity contribution in [2.45, 2.75) is 26.4 Å². The van der Waals surface area contributed by atoms with Gasteiger partial charge >= 0.3 is 5.97 Å². The van der Waals surface area contributed by atoms with Crippen molar-refractivity contribution in [2.24, 2.45) is 5.92 Å². The van der Waals surface area contributed by atoms with Gasteiger partial charge in [0.1, 0.15) is 5.75 Å². The summed E-state index contributed by atoms with van der Waals surface area (Å²) in [5.41, 5.74) is 1.64. The van der Waals surface area contributed by atoms with E-state index in [0.29, 0.717) is 0 Å². The Hall–Kier alpha value is -1.55. The third-order valence-electron chi connectivity index (χ3n) is 2.80. The Labute approximate surface area is 101 Å². The number of aliphatic hydroxyl groups is 1. The first kappa shape index (κ1) is 13.5. The maximum absolute atomic E-state index is 10.6. The molecule has 0 radical (unpaired) electrons. The molecule has 0 saturated heterocycles. The van der Waals surface area contributed by atoms with E-state index in [1.54, 1.807) is 26.2 Å². The minimum atomic E-state index is -0.901. The Balaban J connectivity index is 2.85. The summed E-state index contributed by atoms with van der Waals surface area (Å²) >= 11 is 0. The van der Waals surface area contributed by atoms with Gasteiger partial charge in [0.05, 0.1) is 19.6 Å². The predicted molar refractivity (Wildman–Crippen MR) is 64.1 cm³/mol. The fraction of sp³-hybridized carbons (Fsp3) is 0.462. The highest BCUT2D eigenvalue weighted by molar-refractivity contribution is 5.67. The summed E-state index contributed by atoms with van der Waals surface area (Å²) in [6.07, 6.45) is -0.817. The van der Waals surface area contributed by atoms with Crippen LogP contribution < -0.4 is 4.74 Å². The molecule has 4 nitrogen and oxygen atoms in total. The molecule has 1 aromatic rings. The minimum absolute atomic E-state index is 0.0494. The molecule has 0 spiro atoms. The van der Waals surface area contributed by atoms with Crippen molar-refractivity contribution >= 4 is 5.97 Å². The quantitative estimate of drug-likeness (QED) is 0.824. The molecule has 2 N–H and O–H groups in total. The normalized spacial score (nSPS) is 14.1. The summed E-state index contributed by atoms with van der Waals surface area (Å²) in [7, 11) is 1.59. The molecule has 4 heteroatoms. The standard InChI is InChI=1S/C13H18O4/c1-8-6-10(4-5-11(8)17-3)13(16)9(2)7-12(14)15/h4-6,9,13,16H,7H2,1-3H3,(H,14,15). The maximum Gasteiger partial charge on any atom is 0.303 e. The number of ether oxygens (including phenoxy) is 1. The molecule has 0 bridgehead atoms. The van der Waals surface area contributed by atoms with E-state index < -0.39 is 12.1 Å². The number of carbonyl (C=O) groups is 1. The molecular formula is C13H18O4. The van der Waals surface area contributed by atoms with Crippen LogP contribution in [0, 0.1) is 12.8 Å². The molecule has 0 aliphatic heterocycles. The first-order valence-electron chi connectivity index (χ1n) is 5.50. The summed E-state index contributed by atoms with van der Waals surface area (Å²) in [6.45, 7) is 3.61. The first-order chi connectivity index (χ1) is 7.95. The average molecular weight is 238 g/mol. The summed E-state index contributed by atoms with van der Waals surface area (Å²) in [5.74, 6) is -0.464. The van der Waals surface area contributed by atoms with Crippen molar-refractivity contribution in [1.29, 1.82) is 0 Å². The second kappa shape index (κ2) is 5.68. The number of hydrogen-bond donors (Lipinski definition) is 2. The van der Waals surface area contributed by atoms with E-state index in [9.17, 15) is 9.90 Å². The summed E-state index contributed by atoms with van der Waals surface area (Å²) in [6, 6.07) is 5.36. The molecule has 0 aliphatic rings. The summed E-state index contributed by atoms with van der Waals surface area (Å²) in [4.78, 5) is 10.6. The Bertz CT molecular complexity index is 400. The van der Waals surface area contributed by atoms with Gasteiger partial charge < -0.3 is 14.9 Å². The minimum Gasteiger partial charge on any atom is -0.496 e. The number of carboxylic acid groups (broad SMARTS) is 1. The third kappa shape index (κ3) is 3.46. The van der Waals surface area contributed by atoms with Crippen LogP contribution >= 0.6 is 0 Å². The van der Waals surface area contributed by atoms with Gasteiger partial charge in [0, 0.05) is 0 Å². The van der Waals surface area contributed by atoms with E-state index in [-0.39, 0.29) is 12.3 Å². The van der Waals surface area contributed by atoms with Gasteiger partial charge in [-0.15, -0.1) is 0 Å². The van der Waals surface area contributed by atoms with Gasteiger partial charge in [0.2, 0.25) is 0 Å². The average Bonchev–Trinajstić information content (AvgIpc) is 2.27. The summed E-state index contributed by atoms with van der Waals surface area (Å²) in [5, 5.41) is 18.7. The number of aliphatic hydroxyl groups excluding tert-OH is 1. The Morgan fingerprint density at radius 1 is 1.47 bits per heavy atom. The molecule has 0 heterocycles. The smallest absolute Gasteiger partial charge is 0.303 e. The lowest BCUT2D eigenvalue weighted by atomic mass is 9.93. The molecule has 0 saturated carbocycles.